The highest BCUT2D eigenvalue weighted by Gasteiger charge is 2.26. The Morgan fingerprint density at radius 3 is 2.60 bits per heavy atom. The highest BCUT2D eigenvalue weighted by atomic mass is 35.5. The Balaban J connectivity index is 1.42. The van der Waals surface area contributed by atoms with E-state index >= 15 is 0 Å². The molecule has 30 heavy (non-hydrogen) atoms. The Labute approximate surface area is 176 Å². The number of aryl methyl sites for hydroxylation is 1. The highest BCUT2D eigenvalue weighted by molar-refractivity contribution is 6.33. The molecule has 0 spiro atoms. The second-order valence-corrected chi connectivity index (χ2v) is 7.63. The van der Waals surface area contributed by atoms with Crippen LogP contribution in [-0.2, 0) is 0 Å². The van der Waals surface area contributed by atoms with Crippen LogP contribution in [0.5, 0.6) is 0 Å². The Morgan fingerprint density at radius 1 is 1.07 bits per heavy atom. The number of benzene rings is 2. The third-order valence-electron chi connectivity index (χ3n) is 5.28. The molecule has 2 aromatic carbocycles. The summed E-state index contributed by atoms with van der Waals surface area (Å²) in [6.45, 7) is 4.02. The van der Waals surface area contributed by atoms with Crippen molar-refractivity contribution in [3.8, 4) is 0 Å². The molecule has 2 aromatic heterocycles. The number of carbonyl (C=O) groups is 1. The lowest BCUT2D eigenvalue weighted by molar-refractivity contribution is 0.0746. The van der Waals surface area contributed by atoms with Crippen molar-refractivity contribution in [2.45, 2.75) is 6.92 Å². The van der Waals surface area contributed by atoms with Crippen LogP contribution in [0.3, 0.4) is 0 Å². The maximum atomic E-state index is 13.3. The van der Waals surface area contributed by atoms with E-state index in [0.717, 1.165) is 22.6 Å². The van der Waals surface area contributed by atoms with Crippen LogP contribution in [0.1, 0.15) is 16.2 Å². The largest absolute Gasteiger partial charge is 0.337 e. The molecule has 0 aliphatic carbocycles. The van der Waals surface area contributed by atoms with Gasteiger partial charge < -0.3 is 9.80 Å². The fraction of sp³-hybridized carbons (Fsp3) is 0.238. The molecule has 0 N–H and O–H groups in total. The molecule has 1 aliphatic rings. The third kappa shape index (κ3) is 3.13. The topological polar surface area (TPSA) is 66.6 Å². The minimum Gasteiger partial charge on any atom is -0.337 e. The predicted octanol–water partition coefficient (Wildman–Crippen LogP) is 3.34. The number of rotatable bonds is 2. The monoisotopic (exact) mass is 424 g/mol. The summed E-state index contributed by atoms with van der Waals surface area (Å²) >= 11 is 6.06. The van der Waals surface area contributed by atoms with Crippen LogP contribution in [-0.4, -0.2) is 56.6 Å². The number of fused-ring (bicyclic) bond motifs is 3. The summed E-state index contributed by atoms with van der Waals surface area (Å²) in [5, 5.41) is 5.60. The number of hydrogen-bond acceptors (Lipinski definition) is 5. The first-order chi connectivity index (χ1) is 14.5. The number of hydrogen-bond donors (Lipinski definition) is 0. The zero-order valence-corrected chi connectivity index (χ0v) is 17.0. The van der Waals surface area contributed by atoms with Gasteiger partial charge in [-0.15, -0.1) is 5.10 Å². The lowest BCUT2D eigenvalue weighted by atomic mass is 10.1. The molecule has 4 aromatic rings. The van der Waals surface area contributed by atoms with Gasteiger partial charge in [-0.3, -0.25) is 4.79 Å². The van der Waals surface area contributed by atoms with Crippen molar-refractivity contribution in [2.24, 2.45) is 0 Å². The summed E-state index contributed by atoms with van der Waals surface area (Å²) in [6.07, 6.45) is 0. The number of amides is 1. The zero-order chi connectivity index (χ0) is 20.8. The summed E-state index contributed by atoms with van der Waals surface area (Å²) in [6, 6.07) is 11.7. The zero-order valence-electron chi connectivity index (χ0n) is 16.2. The van der Waals surface area contributed by atoms with E-state index in [1.165, 1.54) is 12.1 Å². The standard InChI is InChI=1S/C21H18ClFN6O/c1-13-24-19-16-4-2-3-5-18(16)25-21(29(19)26-13)28-10-8-27(9-11-28)20(30)15-7-6-14(23)12-17(15)22/h2-7,12H,8-11H2,1H3. The second kappa shape index (κ2) is 7.21. The maximum absolute atomic E-state index is 13.3. The maximum Gasteiger partial charge on any atom is 0.255 e. The van der Waals surface area contributed by atoms with Gasteiger partial charge in [0.05, 0.1) is 16.1 Å². The van der Waals surface area contributed by atoms with Crippen molar-refractivity contribution < 1.29 is 9.18 Å². The van der Waals surface area contributed by atoms with Crippen molar-refractivity contribution in [3.63, 3.8) is 0 Å². The molecule has 1 amide bonds. The molecule has 5 rings (SSSR count). The summed E-state index contributed by atoms with van der Waals surface area (Å²) in [5.41, 5.74) is 1.93. The molecule has 0 bridgehead atoms. The number of nitrogens with zero attached hydrogens (tertiary/aromatic N) is 6. The minimum atomic E-state index is -0.462. The van der Waals surface area contributed by atoms with Gasteiger partial charge in [0.2, 0.25) is 5.95 Å². The molecule has 152 valence electrons. The number of anilines is 1. The number of carbonyl (C=O) groups excluding carboxylic acids is 1. The van der Waals surface area contributed by atoms with Gasteiger partial charge in [-0.2, -0.15) is 4.52 Å². The van der Waals surface area contributed by atoms with Crippen LogP contribution in [0.15, 0.2) is 42.5 Å². The van der Waals surface area contributed by atoms with Crippen LogP contribution >= 0.6 is 11.6 Å². The fourth-order valence-electron chi connectivity index (χ4n) is 3.79. The number of halogens is 2. The normalized spacial score (nSPS) is 14.6. The molecule has 0 saturated carbocycles. The van der Waals surface area contributed by atoms with Crippen molar-refractivity contribution in [1.82, 2.24) is 24.5 Å². The highest BCUT2D eigenvalue weighted by Crippen LogP contribution is 2.24. The predicted molar refractivity (Wildman–Crippen MR) is 113 cm³/mol. The Bertz CT molecular complexity index is 1280. The Morgan fingerprint density at radius 2 is 1.83 bits per heavy atom. The van der Waals surface area contributed by atoms with Gasteiger partial charge in [0, 0.05) is 31.6 Å². The van der Waals surface area contributed by atoms with Gasteiger partial charge in [0.1, 0.15) is 11.6 Å². The molecule has 0 radical (unpaired) electrons. The average molecular weight is 425 g/mol. The molecule has 1 saturated heterocycles. The van der Waals surface area contributed by atoms with Gasteiger partial charge in [0.15, 0.2) is 5.65 Å². The lowest BCUT2D eigenvalue weighted by Crippen LogP contribution is -2.49. The molecular formula is C21H18ClFN6O. The number of para-hydroxylation sites is 1. The van der Waals surface area contributed by atoms with Gasteiger partial charge in [0.25, 0.3) is 5.91 Å². The third-order valence-corrected chi connectivity index (χ3v) is 5.59. The first-order valence-corrected chi connectivity index (χ1v) is 10.0. The number of piperazine rings is 1. The molecule has 0 unspecified atom stereocenters. The Hall–Kier alpha value is -3.26. The van der Waals surface area contributed by atoms with Gasteiger partial charge in [-0.25, -0.2) is 14.4 Å². The van der Waals surface area contributed by atoms with Crippen LogP contribution in [0.25, 0.3) is 16.6 Å². The van der Waals surface area contributed by atoms with E-state index in [1.807, 2.05) is 31.2 Å². The summed E-state index contributed by atoms with van der Waals surface area (Å²) in [7, 11) is 0. The van der Waals surface area contributed by atoms with Crippen molar-refractivity contribution >= 4 is 40.0 Å². The van der Waals surface area contributed by atoms with Crippen LogP contribution in [0.4, 0.5) is 10.3 Å². The molecule has 3 heterocycles. The van der Waals surface area contributed by atoms with Crippen LogP contribution < -0.4 is 4.90 Å². The van der Waals surface area contributed by atoms with E-state index in [9.17, 15) is 9.18 Å². The smallest absolute Gasteiger partial charge is 0.255 e. The van der Waals surface area contributed by atoms with Crippen molar-refractivity contribution in [2.75, 3.05) is 31.1 Å². The quantitative estimate of drug-likeness (QED) is 0.493. The van der Waals surface area contributed by atoms with E-state index in [4.69, 9.17) is 16.6 Å². The van der Waals surface area contributed by atoms with E-state index in [-0.39, 0.29) is 10.9 Å². The molecule has 1 aliphatic heterocycles. The lowest BCUT2D eigenvalue weighted by Gasteiger charge is -2.35. The van der Waals surface area contributed by atoms with E-state index < -0.39 is 5.82 Å². The van der Waals surface area contributed by atoms with E-state index in [2.05, 4.69) is 15.0 Å². The van der Waals surface area contributed by atoms with Crippen molar-refractivity contribution in [3.05, 3.63) is 64.7 Å². The molecular weight excluding hydrogens is 407 g/mol. The Kier molecular flexibility index (Phi) is 4.51. The van der Waals surface area contributed by atoms with Gasteiger partial charge >= 0.3 is 0 Å². The first-order valence-electron chi connectivity index (χ1n) is 9.62. The summed E-state index contributed by atoms with van der Waals surface area (Å²) < 4.78 is 15.1. The van der Waals surface area contributed by atoms with Crippen LogP contribution in [0.2, 0.25) is 5.02 Å². The molecule has 7 nitrogen and oxygen atoms in total. The fourth-order valence-corrected chi connectivity index (χ4v) is 4.04. The SMILES string of the molecule is Cc1nc2c3ccccc3nc(N3CCN(C(=O)c4ccc(F)cc4Cl)CC3)n2n1. The minimum absolute atomic E-state index is 0.124. The number of aromatic nitrogens is 4. The van der Waals surface area contributed by atoms with Crippen LogP contribution in [0, 0.1) is 12.7 Å². The van der Waals surface area contributed by atoms with Gasteiger partial charge in [-0.1, -0.05) is 23.7 Å². The average Bonchev–Trinajstić information content (AvgIpc) is 3.14. The molecule has 0 atom stereocenters. The summed E-state index contributed by atoms with van der Waals surface area (Å²) in [5.74, 6) is 0.717. The van der Waals surface area contributed by atoms with Gasteiger partial charge in [-0.05, 0) is 37.3 Å². The van der Waals surface area contributed by atoms with E-state index in [1.54, 1.807) is 9.42 Å². The second-order valence-electron chi connectivity index (χ2n) is 7.23. The molecule has 1 fully saturated rings. The summed E-state index contributed by atoms with van der Waals surface area (Å²) in [4.78, 5) is 26.0. The first kappa shape index (κ1) is 18.7. The molecule has 9 heteroatoms. The van der Waals surface area contributed by atoms with E-state index in [0.29, 0.717) is 43.5 Å². The van der Waals surface area contributed by atoms with Crippen molar-refractivity contribution in [1.29, 1.82) is 0 Å².